The van der Waals surface area contributed by atoms with Crippen LogP contribution in [0.3, 0.4) is 0 Å². The molecule has 0 aliphatic rings. The topological polar surface area (TPSA) is 150 Å². The number of amides is 1. The Balaban J connectivity index is 0.00000103. The molecule has 0 aliphatic heterocycles. The van der Waals surface area contributed by atoms with Crippen molar-refractivity contribution >= 4 is 25.2 Å². The molecule has 1 rings (SSSR count). The van der Waals surface area contributed by atoms with E-state index in [1.54, 1.807) is 6.07 Å². The number of benzene rings is 1. The van der Waals surface area contributed by atoms with Crippen LogP contribution in [-0.2, 0) is 20.6 Å². The molecule has 1 aromatic carbocycles. The highest BCUT2D eigenvalue weighted by atomic mass is 31.2. The molecule has 1 amide bonds. The molecular weight excluding hydrogens is 428 g/mol. The molecule has 0 fully saturated rings. The van der Waals surface area contributed by atoms with E-state index in [0.717, 1.165) is 18.4 Å². The van der Waals surface area contributed by atoms with Crippen molar-refractivity contribution in [1.82, 2.24) is 0 Å². The number of unbranched alkanes of at least 4 members (excludes halogenated alkanes) is 3. The van der Waals surface area contributed by atoms with Crippen LogP contribution in [0.5, 0.6) is 0 Å². The molecule has 30 heavy (non-hydrogen) atoms. The van der Waals surface area contributed by atoms with Gasteiger partial charge in [0.1, 0.15) is 0 Å². The summed E-state index contributed by atoms with van der Waals surface area (Å²) in [4.78, 5) is 38.5. The fourth-order valence-electron chi connectivity index (χ4n) is 2.23. The molecule has 0 aliphatic carbocycles. The van der Waals surface area contributed by atoms with Gasteiger partial charge in [-0.05, 0) is 37.0 Å². The number of hydrogen-bond donors (Lipinski definition) is 5. The Morgan fingerprint density at radius 3 is 2.30 bits per heavy atom. The van der Waals surface area contributed by atoms with Crippen molar-refractivity contribution in [2.45, 2.75) is 57.7 Å². The van der Waals surface area contributed by atoms with Crippen molar-refractivity contribution in [2.75, 3.05) is 11.5 Å². The molecule has 8 nitrogen and oxygen atoms in total. The van der Waals surface area contributed by atoms with Gasteiger partial charge >= 0.3 is 19.7 Å². The van der Waals surface area contributed by atoms with Crippen LogP contribution in [0.1, 0.15) is 44.6 Å². The van der Waals surface area contributed by atoms with E-state index in [0.29, 0.717) is 5.69 Å². The molecule has 0 bridgehead atoms. The molecule has 0 aromatic heterocycles. The predicted molar refractivity (Wildman–Crippen MR) is 106 cm³/mol. The van der Waals surface area contributed by atoms with Crippen LogP contribution in [0.25, 0.3) is 0 Å². The van der Waals surface area contributed by atoms with Crippen molar-refractivity contribution in [1.29, 1.82) is 0 Å². The molecule has 0 saturated heterocycles. The van der Waals surface area contributed by atoms with E-state index in [1.165, 1.54) is 19.3 Å². The molecule has 0 spiro atoms. The lowest BCUT2D eigenvalue weighted by molar-refractivity contribution is -0.192. The zero-order valence-electron chi connectivity index (χ0n) is 16.6. The van der Waals surface area contributed by atoms with Gasteiger partial charge in [-0.15, -0.1) is 0 Å². The van der Waals surface area contributed by atoms with Crippen LogP contribution in [0.4, 0.5) is 18.9 Å². The van der Waals surface area contributed by atoms with Crippen molar-refractivity contribution in [3.63, 3.8) is 0 Å². The Morgan fingerprint density at radius 1 is 1.20 bits per heavy atom. The van der Waals surface area contributed by atoms with E-state index in [9.17, 15) is 22.5 Å². The van der Waals surface area contributed by atoms with Crippen molar-refractivity contribution in [3.8, 4) is 0 Å². The number of carboxylic acids is 1. The van der Waals surface area contributed by atoms with Gasteiger partial charge in [-0.25, -0.2) is 4.79 Å². The number of carboxylic acid groups (broad SMARTS) is 1. The molecule has 6 N–H and O–H groups in total. The van der Waals surface area contributed by atoms with Crippen LogP contribution in [0.2, 0.25) is 0 Å². The van der Waals surface area contributed by atoms with Gasteiger partial charge in [0, 0.05) is 5.69 Å². The van der Waals surface area contributed by atoms with Gasteiger partial charge in [-0.2, -0.15) is 13.2 Å². The summed E-state index contributed by atoms with van der Waals surface area (Å²) >= 11 is 0. The Kier molecular flexibility index (Phi) is 12.5. The maximum Gasteiger partial charge on any atom is 0.490 e. The average molecular weight is 456 g/mol. The number of carbonyl (C=O) groups is 2. The second kappa shape index (κ2) is 13.4. The third-order valence-corrected chi connectivity index (χ3v) is 4.66. The number of halogens is 3. The Bertz CT molecular complexity index is 724. The number of anilines is 1. The number of nitrogens with two attached hydrogens (primary N) is 1. The standard InChI is InChI=1S/C16H27N2O4P.C2HF3O2/c1-2-3-4-5-7-13-8-6-9-14(12-13)18-16(19)15(17)10-11-23(20,21)22;3-2(4,5)1(6)7/h6,8-9,12,15H,2-5,7,10-11,17H2,1H3,(H,18,19)(H2,20,21,22);(H,6,7). The Morgan fingerprint density at radius 2 is 1.80 bits per heavy atom. The highest BCUT2D eigenvalue weighted by molar-refractivity contribution is 7.51. The summed E-state index contributed by atoms with van der Waals surface area (Å²) < 4.78 is 42.6. The summed E-state index contributed by atoms with van der Waals surface area (Å²) in [6.07, 6.45) is 0.181. The number of aliphatic carboxylic acids is 1. The molecule has 172 valence electrons. The number of alkyl halides is 3. The lowest BCUT2D eigenvalue weighted by atomic mass is 10.1. The number of aryl methyl sites for hydroxylation is 1. The van der Waals surface area contributed by atoms with Gasteiger partial charge in [0.25, 0.3) is 0 Å². The molecule has 0 radical (unpaired) electrons. The molecule has 1 unspecified atom stereocenters. The largest absolute Gasteiger partial charge is 0.490 e. The minimum Gasteiger partial charge on any atom is -0.475 e. The first-order valence-corrected chi connectivity index (χ1v) is 11.1. The van der Waals surface area contributed by atoms with Crippen LogP contribution in [0.15, 0.2) is 24.3 Å². The summed E-state index contributed by atoms with van der Waals surface area (Å²) in [5, 5.41) is 9.83. The number of hydrogen-bond acceptors (Lipinski definition) is 4. The van der Waals surface area contributed by atoms with E-state index >= 15 is 0 Å². The molecule has 1 atom stereocenters. The quantitative estimate of drug-likeness (QED) is 0.268. The first-order chi connectivity index (χ1) is 13.8. The lowest BCUT2D eigenvalue weighted by Gasteiger charge is -2.13. The highest BCUT2D eigenvalue weighted by Crippen LogP contribution is 2.35. The Hall–Kier alpha value is -1.94. The maximum absolute atomic E-state index is 12.0. The van der Waals surface area contributed by atoms with Gasteiger partial charge in [0.05, 0.1) is 12.2 Å². The highest BCUT2D eigenvalue weighted by Gasteiger charge is 2.38. The fourth-order valence-corrected chi connectivity index (χ4v) is 2.85. The smallest absolute Gasteiger partial charge is 0.475 e. The van der Waals surface area contributed by atoms with Crippen LogP contribution in [-0.4, -0.2) is 45.1 Å². The van der Waals surface area contributed by atoms with Gasteiger partial charge < -0.3 is 25.9 Å². The molecule has 12 heteroatoms. The van der Waals surface area contributed by atoms with E-state index in [1.807, 2.05) is 18.2 Å². The zero-order valence-corrected chi connectivity index (χ0v) is 17.5. The first-order valence-electron chi connectivity index (χ1n) is 9.26. The summed E-state index contributed by atoms with van der Waals surface area (Å²) in [6.45, 7) is 2.17. The van der Waals surface area contributed by atoms with Crippen molar-refractivity contribution in [3.05, 3.63) is 29.8 Å². The Labute approximate surface area is 172 Å². The SMILES string of the molecule is CCCCCCc1cccc(NC(=O)C(N)CCP(=O)(O)O)c1.O=C(O)C(F)(F)F. The van der Waals surface area contributed by atoms with E-state index < -0.39 is 31.7 Å². The molecule has 0 saturated carbocycles. The van der Waals surface area contributed by atoms with Gasteiger partial charge in [0.2, 0.25) is 5.91 Å². The van der Waals surface area contributed by atoms with E-state index in [4.69, 9.17) is 25.4 Å². The fraction of sp³-hybridized carbons (Fsp3) is 0.556. The predicted octanol–water partition coefficient (Wildman–Crippen LogP) is 3.28. The normalized spacial score (nSPS) is 12.5. The van der Waals surface area contributed by atoms with E-state index in [-0.39, 0.29) is 12.6 Å². The van der Waals surface area contributed by atoms with Crippen LogP contribution < -0.4 is 11.1 Å². The zero-order chi connectivity index (χ0) is 23.4. The second-order valence-electron chi connectivity index (χ2n) is 6.59. The van der Waals surface area contributed by atoms with Crippen molar-refractivity contribution in [2.24, 2.45) is 5.73 Å². The molecule has 1 aromatic rings. The third kappa shape index (κ3) is 14.1. The lowest BCUT2D eigenvalue weighted by Crippen LogP contribution is -2.36. The number of nitrogens with one attached hydrogen (secondary N) is 1. The van der Waals surface area contributed by atoms with Gasteiger partial charge in [-0.3, -0.25) is 9.36 Å². The summed E-state index contributed by atoms with van der Waals surface area (Å²) in [5.74, 6) is -3.19. The number of carbonyl (C=O) groups excluding carboxylic acids is 1. The minimum absolute atomic E-state index is 0.0488. The van der Waals surface area contributed by atoms with E-state index in [2.05, 4.69) is 12.2 Å². The van der Waals surface area contributed by atoms with Gasteiger partial charge in [-0.1, -0.05) is 38.3 Å². The third-order valence-electron chi connectivity index (χ3n) is 3.82. The second-order valence-corrected chi connectivity index (χ2v) is 8.36. The number of rotatable bonds is 10. The minimum atomic E-state index is -5.08. The summed E-state index contributed by atoms with van der Waals surface area (Å²) in [7, 11) is -4.13. The summed E-state index contributed by atoms with van der Waals surface area (Å²) in [6, 6.07) is 6.67. The molecule has 0 heterocycles. The van der Waals surface area contributed by atoms with Crippen LogP contribution in [0, 0.1) is 0 Å². The monoisotopic (exact) mass is 456 g/mol. The van der Waals surface area contributed by atoms with Crippen LogP contribution >= 0.6 is 7.60 Å². The first kappa shape index (κ1) is 28.1. The maximum atomic E-state index is 12.0. The van der Waals surface area contributed by atoms with Crippen molar-refractivity contribution < 1.29 is 42.2 Å². The van der Waals surface area contributed by atoms with Gasteiger partial charge in [0.15, 0.2) is 0 Å². The average Bonchev–Trinajstić information content (AvgIpc) is 2.62. The molecular formula is C18H28F3N2O6P. The summed E-state index contributed by atoms with van der Waals surface area (Å²) in [5.41, 5.74) is 7.49.